The molecule has 1 atom stereocenters. The molecule has 1 saturated heterocycles. The standard InChI is InChI=1S/C26H29F3N8O/c1-17(20-6-4-18(27)14-30-20)36(9-8-34(2)3)26-23(29)25(35-10-12-38-13-11-35)32-24(33-26)21-15-31-22-7-5-19(28)16-37(21)22/h4-7,14-17H,8-13H2,1-3H3/t17-/m0/s1. The highest BCUT2D eigenvalue weighted by Crippen LogP contribution is 2.34. The lowest BCUT2D eigenvalue weighted by Crippen LogP contribution is -2.39. The van der Waals surface area contributed by atoms with Gasteiger partial charge in [-0.15, -0.1) is 0 Å². The number of rotatable bonds is 8. The summed E-state index contributed by atoms with van der Waals surface area (Å²) in [6, 6.07) is 5.35. The Morgan fingerprint density at radius 1 is 0.947 bits per heavy atom. The number of aromatic nitrogens is 5. The molecule has 0 aliphatic carbocycles. The molecule has 4 aromatic rings. The van der Waals surface area contributed by atoms with E-state index < -0.39 is 23.5 Å². The van der Waals surface area contributed by atoms with E-state index in [0.717, 1.165) is 6.20 Å². The van der Waals surface area contributed by atoms with Crippen molar-refractivity contribution in [2.45, 2.75) is 13.0 Å². The van der Waals surface area contributed by atoms with E-state index >= 15 is 4.39 Å². The molecule has 5 rings (SSSR count). The van der Waals surface area contributed by atoms with Gasteiger partial charge in [-0.25, -0.2) is 23.7 Å². The molecule has 0 spiro atoms. The first-order chi connectivity index (χ1) is 18.3. The van der Waals surface area contributed by atoms with Crippen LogP contribution in [-0.2, 0) is 4.74 Å². The van der Waals surface area contributed by atoms with Crippen molar-refractivity contribution in [3.63, 3.8) is 0 Å². The molecule has 200 valence electrons. The fraction of sp³-hybridized carbons (Fsp3) is 0.385. The summed E-state index contributed by atoms with van der Waals surface area (Å²) in [5.74, 6) is -1.07. The van der Waals surface area contributed by atoms with Crippen molar-refractivity contribution in [1.29, 1.82) is 0 Å². The molecule has 12 heteroatoms. The lowest BCUT2D eigenvalue weighted by Gasteiger charge is -2.33. The van der Waals surface area contributed by atoms with Crippen molar-refractivity contribution >= 4 is 17.3 Å². The van der Waals surface area contributed by atoms with Gasteiger partial charge in [-0.1, -0.05) is 0 Å². The van der Waals surface area contributed by atoms with E-state index in [1.807, 2.05) is 30.8 Å². The van der Waals surface area contributed by atoms with E-state index in [0.29, 0.717) is 56.4 Å². The van der Waals surface area contributed by atoms with E-state index in [4.69, 9.17) is 4.74 Å². The van der Waals surface area contributed by atoms with Gasteiger partial charge in [-0.3, -0.25) is 9.38 Å². The van der Waals surface area contributed by atoms with Crippen molar-refractivity contribution in [1.82, 2.24) is 29.2 Å². The van der Waals surface area contributed by atoms with Crippen LogP contribution in [-0.4, -0.2) is 82.7 Å². The lowest BCUT2D eigenvalue weighted by molar-refractivity contribution is 0.122. The van der Waals surface area contributed by atoms with Gasteiger partial charge in [0, 0.05) is 32.4 Å². The van der Waals surface area contributed by atoms with Crippen molar-refractivity contribution in [2.75, 3.05) is 63.3 Å². The Balaban J connectivity index is 1.68. The molecular formula is C26H29F3N8O. The topological polar surface area (TPSA) is 74.9 Å². The molecule has 1 fully saturated rings. The van der Waals surface area contributed by atoms with Crippen LogP contribution >= 0.6 is 0 Å². The normalized spacial score (nSPS) is 14.9. The van der Waals surface area contributed by atoms with E-state index in [2.05, 4.69) is 19.9 Å². The van der Waals surface area contributed by atoms with Crippen LogP contribution in [0.5, 0.6) is 0 Å². The van der Waals surface area contributed by atoms with Crippen LogP contribution in [0.3, 0.4) is 0 Å². The summed E-state index contributed by atoms with van der Waals surface area (Å²) in [5, 5.41) is 0. The van der Waals surface area contributed by atoms with Crippen LogP contribution in [0, 0.1) is 17.5 Å². The minimum atomic E-state index is -0.580. The highest BCUT2D eigenvalue weighted by atomic mass is 19.1. The summed E-state index contributed by atoms with van der Waals surface area (Å²) >= 11 is 0. The zero-order chi connectivity index (χ0) is 26.8. The molecule has 4 aromatic heterocycles. The number of hydrogen-bond donors (Lipinski definition) is 0. The molecule has 0 unspecified atom stereocenters. The number of pyridine rings is 2. The van der Waals surface area contributed by atoms with E-state index in [1.165, 1.54) is 18.3 Å². The average Bonchev–Trinajstić information content (AvgIpc) is 3.33. The zero-order valence-electron chi connectivity index (χ0n) is 21.5. The molecule has 1 aliphatic rings. The third-order valence-electron chi connectivity index (χ3n) is 6.53. The van der Waals surface area contributed by atoms with Crippen LogP contribution < -0.4 is 9.80 Å². The maximum absolute atomic E-state index is 16.3. The maximum Gasteiger partial charge on any atom is 0.208 e. The smallest absolute Gasteiger partial charge is 0.208 e. The number of ether oxygens (including phenoxy) is 1. The van der Waals surface area contributed by atoms with Gasteiger partial charge in [0.05, 0.1) is 37.3 Å². The first-order valence-electron chi connectivity index (χ1n) is 12.4. The van der Waals surface area contributed by atoms with Crippen molar-refractivity contribution in [3.05, 3.63) is 66.0 Å². The maximum atomic E-state index is 16.3. The SMILES string of the molecule is C[C@@H](c1ccc(F)cn1)N(CCN(C)C)c1nc(-c2cnc3ccc(F)cn23)nc(N2CCOCC2)c1F. The summed E-state index contributed by atoms with van der Waals surface area (Å²) in [5.41, 5.74) is 1.50. The third-order valence-corrected chi connectivity index (χ3v) is 6.53. The largest absolute Gasteiger partial charge is 0.378 e. The number of nitrogens with zero attached hydrogens (tertiary/aromatic N) is 8. The first kappa shape index (κ1) is 25.9. The molecule has 0 aromatic carbocycles. The van der Waals surface area contributed by atoms with Gasteiger partial charge in [0.25, 0.3) is 0 Å². The highest BCUT2D eigenvalue weighted by molar-refractivity contribution is 5.64. The van der Waals surface area contributed by atoms with E-state index in [9.17, 15) is 8.78 Å². The van der Waals surface area contributed by atoms with E-state index in [-0.39, 0.29) is 17.5 Å². The summed E-state index contributed by atoms with van der Waals surface area (Å²) in [4.78, 5) is 23.5. The van der Waals surface area contributed by atoms with Crippen molar-refractivity contribution in [3.8, 4) is 11.5 Å². The molecule has 0 amide bonds. The van der Waals surface area contributed by atoms with Crippen molar-refractivity contribution < 1.29 is 17.9 Å². The fourth-order valence-electron chi connectivity index (χ4n) is 4.42. The number of halogens is 3. The van der Waals surface area contributed by atoms with Crippen LogP contribution in [0.25, 0.3) is 17.2 Å². The predicted octanol–water partition coefficient (Wildman–Crippen LogP) is 3.57. The quantitative estimate of drug-likeness (QED) is 0.345. The molecule has 0 bridgehead atoms. The second-order valence-electron chi connectivity index (χ2n) is 9.40. The Kier molecular flexibility index (Phi) is 7.43. The summed E-state index contributed by atoms with van der Waals surface area (Å²) in [6.45, 7) is 4.67. The number of fused-ring (bicyclic) bond motifs is 1. The van der Waals surface area contributed by atoms with Gasteiger partial charge in [0.1, 0.15) is 23.0 Å². The zero-order valence-corrected chi connectivity index (χ0v) is 21.5. The van der Waals surface area contributed by atoms with Gasteiger partial charge in [-0.05, 0) is 45.3 Å². The fourth-order valence-corrected chi connectivity index (χ4v) is 4.42. The third kappa shape index (κ3) is 5.27. The van der Waals surface area contributed by atoms with Crippen LogP contribution in [0.2, 0.25) is 0 Å². The van der Waals surface area contributed by atoms with Gasteiger partial charge >= 0.3 is 0 Å². The molecule has 0 radical (unpaired) electrons. The lowest BCUT2D eigenvalue weighted by atomic mass is 10.1. The Bertz CT molecular complexity index is 1410. The number of likely N-dealkylation sites (N-methyl/N-ethyl adjacent to an activating group) is 1. The Morgan fingerprint density at radius 3 is 2.42 bits per heavy atom. The van der Waals surface area contributed by atoms with Crippen LogP contribution in [0.1, 0.15) is 18.7 Å². The van der Waals surface area contributed by atoms with Crippen LogP contribution in [0.4, 0.5) is 24.8 Å². The Hall–Kier alpha value is -3.77. The Morgan fingerprint density at radius 2 is 1.71 bits per heavy atom. The molecule has 1 aliphatic heterocycles. The summed E-state index contributed by atoms with van der Waals surface area (Å²) in [6.07, 6.45) is 3.99. The number of anilines is 2. The van der Waals surface area contributed by atoms with Gasteiger partial charge in [0.2, 0.25) is 5.82 Å². The minimum Gasteiger partial charge on any atom is -0.378 e. The number of hydrogen-bond acceptors (Lipinski definition) is 8. The van der Waals surface area contributed by atoms with Crippen LogP contribution in [0.15, 0.2) is 42.9 Å². The second-order valence-corrected chi connectivity index (χ2v) is 9.40. The highest BCUT2D eigenvalue weighted by Gasteiger charge is 2.29. The van der Waals surface area contributed by atoms with Gasteiger partial charge < -0.3 is 19.4 Å². The monoisotopic (exact) mass is 526 g/mol. The summed E-state index contributed by atoms with van der Waals surface area (Å²) in [7, 11) is 3.85. The van der Waals surface area contributed by atoms with Gasteiger partial charge in [0.15, 0.2) is 17.5 Å². The summed E-state index contributed by atoms with van der Waals surface area (Å²) < 4.78 is 51.1. The molecule has 9 nitrogen and oxygen atoms in total. The number of imidazole rings is 1. The van der Waals surface area contributed by atoms with Gasteiger partial charge in [-0.2, -0.15) is 4.39 Å². The first-order valence-corrected chi connectivity index (χ1v) is 12.4. The minimum absolute atomic E-state index is 0.0725. The molecular weight excluding hydrogens is 497 g/mol. The van der Waals surface area contributed by atoms with Crippen molar-refractivity contribution in [2.24, 2.45) is 0 Å². The predicted molar refractivity (Wildman–Crippen MR) is 138 cm³/mol. The molecule has 0 saturated carbocycles. The molecule has 0 N–H and O–H groups in total. The molecule has 5 heterocycles. The second kappa shape index (κ2) is 10.9. The Labute approximate surface area is 218 Å². The number of morpholine rings is 1. The molecule has 38 heavy (non-hydrogen) atoms. The average molecular weight is 527 g/mol. The van der Waals surface area contributed by atoms with E-state index in [1.54, 1.807) is 27.6 Å².